The Hall–Kier alpha value is -2.54. The summed E-state index contributed by atoms with van der Waals surface area (Å²) >= 11 is 0. The fraction of sp³-hybridized carbons (Fsp3) is 0.316. The highest BCUT2D eigenvalue weighted by Gasteiger charge is 2.20. The first-order valence-corrected chi connectivity index (χ1v) is 10.6. The van der Waals surface area contributed by atoms with Crippen LogP contribution >= 0.6 is 0 Å². The first-order valence-electron chi connectivity index (χ1n) is 8.74. The number of hydrogen-bond acceptors (Lipinski definition) is 5. The van der Waals surface area contributed by atoms with Crippen molar-refractivity contribution in [3.05, 3.63) is 48.7 Å². The Morgan fingerprint density at radius 2 is 1.85 bits per heavy atom. The van der Waals surface area contributed by atoms with E-state index >= 15 is 0 Å². The van der Waals surface area contributed by atoms with Crippen molar-refractivity contribution < 1.29 is 8.42 Å². The van der Waals surface area contributed by atoms with Gasteiger partial charge in [0, 0.05) is 42.1 Å². The summed E-state index contributed by atoms with van der Waals surface area (Å²) < 4.78 is 23.1. The number of anilines is 2. The molecule has 1 saturated heterocycles. The van der Waals surface area contributed by atoms with E-state index in [1.165, 1.54) is 6.26 Å². The summed E-state index contributed by atoms with van der Waals surface area (Å²) in [5.41, 5.74) is 3.24. The molecule has 2 aromatic carbocycles. The molecule has 0 atom stereocenters. The molecular formula is C19H22N4O2S. The van der Waals surface area contributed by atoms with Gasteiger partial charge in [0.2, 0.25) is 0 Å². The van der Waals surface area contributed by atoms with Gasteiger partial charge in [0.25, 0.3) is 0 Å². The smallest absolute Gasteiger partial charge is 0.175 e. The predicted molar refractivity (Wildman–Crippen MR) is 105 cm³/mol. The normalized spacial score (nSPS) is 16.1. The van der Waals surface area contributed by atoms with E-state index in [0.717, 1.165) is 48.2 Å². The second kappa shape index (κ2) is 6.64. The van der Waals surface area contributed by atoms with Gasteiger partial charge in [-0.2, -0.15) is 5.10 Å². The number of sulfone groups is 1. The van der Waals surface area contributed by atoms with Gasteiger partial charge in [-0.3, -0.25) is 5.10 Å². The van der Waals surface area contributed by atoms with Crippen LogP contribution in [0, 0.1) is 0 Å². The number of rotatable bonds is 4. The third kappa shape index (κ3) is 3.53. The van der Waals surface area contributed by atoms with E-state index in [4.69, 9.17) is 0 Å². The highest BCUT2D eigenvalue weighted by atomic mass is 32.2. The van der Waals surface area contributed by atoms with Crippen LogP contribution in [0.5, 0.6) is 0 Å². The lowest BCUT2D eigenvalue weighted by Crippen LogP contribution is -2.39. The molecule has 1 aromatic heterocycles. The Kier molecular flexibility index (Phi) is 4.32. The molecule has 136 valence electrons. The Morgan fingerprint density at radius 3 is 2.54 bits per heavy atom. The molecule has 0 bridgehead atoms. The van der Waals surface area contributed by atoms with Gasteiger partial charge < -0.3 is 10.2 Å². The minimum absolute atomic E-state index is 0.368. The molecule has 1 aliphatic rings. The zero-order valence-corrected chi connectivity index (χ0v) is 15.5. The topological polar surface area (TPSA) is 78.1 Å². The van der Waals surface area contributed by atoms with Gasteiger partial charge in [0.15, 0.2) is 9.84 Å². The SMILES string of the molecule is CS(=O)(=O)c1ccc(N2CCC(Nc3ccc4[nH]ncc4c3)CC2)cc1. The Labute approximate surface area is 153 Å². The van der Waals surface area contributed by atoms with Gasteiger partial charge in [-0.25, -0.2) is 8.42 Å². The molecule has 0 amide bonds. The number of fused-ring (bicyclic) bond motifs is 1. The molecule has 0 aliphatic carbocycles. The van der Waals surface area contributed by atoms with Crippen LogP contribution in [0.4, 0.5) is 11.4 Å². The summed E-state index contributed by atoms with van der Waals surface area (Å²) in [7, 11) is -3.14. The third-order valence-electron chi connectivity index (χ3n) is 4.94. The number of piperidine rings is 1. The first-order chi connectivity index (χ1) is 12.5. The van der Waals surface area contributed by atoms with Gasteiger partial charge >= 0.3 is 0 Å². The summed E-state index contributed by atoms with van der Waals surface area (Å²) in [4.78, 5) is 2.68. The van der Waals surface area contributed by atoms with E-state index in [9.17, 15) is 8.42 Å². The maximum Gasteiger partial charge on any atom is 0.175 e. The summed E-state index contributed by atoms with van der Waals surface area (Å²) in [6.07, 6.45) is 5.15. The maximum atomic E-state index is 11.6. The van der Waals surface area contributed by atoms with Gasteiger partial charge in [-0.05, 0) is 55.3 Å². The minimum Gasteiger partial charge on any atom is -0.382 e. The second-order valence-electron chi connectivity index (χ2n) is 6.84. The molecule has 26 heavy (non-hydrogen) atoms. The highest BCUT2D eigenvalue weighted by molar-refractivity contribution is 7.90. The fourth-order valence-electron chi connectivity index (χ4n) is 3.45. The third-order valence-corrected chi connectivity index (χ3v) is 6.06. The molecule has 0 spiro atoms. The molecule has 2 heterocycles. The van der Waals surface area contributed by atoms with Crippen molar-refractivity contribution in [1.82, 2.24) is 10.2 Å². The summed E-state index contributed by atoms with van der Waals surface area (Å²) in [5, 5.41) is 11.7. The van der Waals surface area contributed by atoms with E-state index < -0.39 is 9.84 Å². The minimum atomic E-state index is -3.14. The van der Waals surface area contributed by atoms with Crippen molar-refractivity contribution in [2.45, 2.75) is 23.8 Å². The number of aromatic nitrogens is 2. The predicted octanol–water partition coefficient (Wildman–Crippen LogP) is 3.05. The van der Waals surface area contributed by atoms with Crippen LogP contribution in [-0.2, 0) is 9.84 Å². The lowest BCUT2D eigenvalue weighted by atomic mass is 10.0. The molecule has 3 aromatic rings. The molecule has 4 rings (SSSR count). The molecule has 0 saturated carbocycles. The van der Waals surface area contributed by atoms with Crippen LogP contribution in [0.15, 0.2) is 53.6 Å². The van der Waals surface area contributed by atoms with Gasteiger partial charge in [-0.15, -0.1) is 0 Å². The Bertz CT molecular complexity index is 1000. The van der Waals surface area contributed by atoms with Crippen LogP contribution in [0.2, 0.25) is 0 Å². The van der Waals surface area contributed by atoms with Gasteiger partial charge in [-0.1, -0.05) is 0 Å². The summed E-state index contributed by atoms with van der Waals surface area (Å²) in [5.74, 6) is 0. The van der Waals surface area contributed by atoms with Crippen molar-refractivity contribution in [2.24, 2.45) is 0 Å². The zero-order valence-electron chi connectivity index (χ0n) is 14.6. The lowest BCUT2D eigenvalue weighted by molar-refractivity contribution is 0.527. The van der Waals surface area contributed by atoms with Crippen LogP contribution in [0.25, 0.3) is 10.9 Å². The quantitative estimate of drug-likeness (QED) is 0.738. The summed E-state index contributed by atoms with van der Waals surface area (Å²) in [6, 6.07) is 13.9. The van der Waals surface area contributed by atoms with Crippen LogP contribution in [0.1, 0.15) is 12.8 Å². The largest absolute Gasteiger partial charge is 0.382 e. The van der Waals surface area contributed by atoms with Gasteiger partial charge in [0.1, 0.15) is 0 Å². The van der Waals surface area contributed by atoms with Crippen LogP contribution in [-0.4, -0.2) is 44.0 Å². The molecular weight excluding hydrogens is 348 g/mol. The average Bonchev–Trinajstić information content (AvgIpc) is 3.10. The number of aromatic amines is 1. The monoisotopic (exact) mass is 370 g/mol. The summed E-state index contributed by atoms with van der Waals surface area (Å²) in [6.45, 7) is 1.90. The molecule has 7 heteroatoms. The number of H-pyrrole nitrogens is 1. The number of nitrogens with zero attached hydrogens (tertiary/aromatic N) is 2. The van der Waals surface area contributed by atoms with Crippen molar-refractivity contribution in [2.75, 3.05) is 29.6 Å². The highest BCUT2D eigenvalue weighted by Crippen LogP contribution is 2.24. The van der Waals surface area contributed by atoms with E-state index in [2.05, 4.69) is 32.5 Å². The maximum absolute atomic E-state index is 11.6. The lowest BCUT2D eigenvalue weighted by Gasteiger charge is -2.34. The molecule has 6 nitrogen and oxygen atoms in total. The Balaban J connectivity index is 1.37. The van der Waals surface area contributed by atoms with Crippen molar-refractivity contribution >= 4 is 32.1 Å². The zero-order chi connectivity index (χ0) is 18.1. The molecule has 2 N–H and O–H groups in total. The molecule has 1 fully saturated rings. The first kappa shape index (κ1) is 16.9. The van der Waals surface area contributed by atoms with Crippen LogP contribution in [0.3, 0.4) is 0 Å². The Morgan fingerprint density at radius 1 is 1.12 bits per heavy atom. The average molecular weight is 370 g/mol. The van der Waals surface area contributed by atoms with Crippen LogP contribution < -0.4 is 10.2 Å². The molecule has 0 unspecified atom stereocenters. The standard InChI is InChI=1S/C19H22N4O2S/c1-26(24,25)18-5-3-17(4-6-18)23-10-8-15(9-11-23)21-16-2-7-19-14(12-16)13-20-22-19/h2-7,12-13,15,21H,8-11H2,1H3,(H,20,22). The fourth-order valence-corrected chi connectivity index (χ4v) is 4.08. The van der Waals surface area contributed by atoms with Crippen molar-refractivity contribution in [1.29, 1.82) is 0 Å². The molecule has 1 aliphatic heterocycles. The van der Waals surface area contributed by atoms with Crippen molar-refractivity contribution in [3.8, 4) is 0 Å². The van der Waals surface area contributed by atoms with Gasteiger partial charge in [0.05, 0.1) is 16.6 Å². The van der Waals surface area contributed by atoms with E-state index in [0.29, 0.717) is 10.9 Å². The van der Waals surface area contributed by atoms with E-state index in [1.807, 2.05) is 24.4 Å². The van der Waals surface area contributed by atoms with Crippen molar-refractivity contribution in [3.63, 3.8) is 0 Å². The van der Waals surface area contributed by atoms with E-state index in [1.54, 1.807) is 12.1 Å². The molecule has 0 radical (unpaired) electrons. The second-order valence-corrected chi connectivity index (χ2v) is 8.86. The number of hydrogen-bond donors (Lipinski definition) is 2. The number of nitrogens with one attached hydrogen (secondary N) is 2. The van der Waals surface area contributed by atoms with E-state index in [-0.39, 0.29) is 0 Å². The number of benzene rings is 2.